The van der Waals surface area contributed by atoms with Gasteiger partial charge < -0.3 is 9.80 Å². The van der Waals surface area contributed by atoms with Gasteiger partial charge in [-0.15, -0.1) is 0 Å². The zero-order valence-electron chi connectivity index (χ0n) is 12.9. The number of hydrogen-bond donors (Lipinski definition) is 0. The summed E-state index contributed by atoms with van der Waals surface area (Å²) in [7, 11) is 4.22. The van der Waals surface area contributed by atoms with E-state index in [4.69, 9.17) is 0 Å². The number of aromatic nitrogens is 1. The monoisotopic (exact) mass is 288 g/mol. The summed E-state index contributed by atoms with van der Waals surface area (Å²) >= 11 is 0. The summed E-state index contributed by atoms with van der Waals surface area (Å²) in [6.07, 6.45) is 6.27. The minimum Gasteiger partial charge on any atom is -0.308 e. The van der Waals surface area contributed by atoms with Crippen LogP contribution in [0.1, 0.15) is 19.3 Å². The van der Waals surface area contributed by atoms with Crippen LogP contribution in [-0.4, -0.2) is 66.5 Å². The number of amides is 1. The number of likely N-dealkylation sites (N-methyl/N-ethyl adjacent to an activating group) is 1. The van der Waals surface area contributed by atoms with E-state index in [1.165, 1.54) is 0 Å². The second-order valence-electron chi connectivity index (χ2n) is 6.28. The third kappa shape index (κ3) is 2.94. The number of hydrogen-bond acceptors (Lipinski definition) is 4. The van der Waals surface area contributed by atoms with E-state index < -0.39 is 0 Å². The van der Waals surface area contributed by atoms with Crippen LogP contribution in [0, 0.1) is 0 Å². The van der Waals surface area contributed by atoms with Crippen molar-refractivity contribution in [2.45, 2.75) is 31.3 Å². The summed E-state index contributed by atoms with van der Waals surface area (Å²) in [5.41, 5.74) is 0.951. The summed E-state index contributed by atoms with van der Waals surface area (Å²) in [6, 6.07) is 4.72. The normalized spacial score (nSPS) is 26.4. The summed E-state index contributed by atoms with van der Waals surface area (Å²) in [5.74, 6) is 0.249. The predicted molar refractivity (Wildman–Crippen MR) is 83.3 cm³/mol. The van der Waals surface area contributed by atoms with Crippen LogP contribution >= 0.6 is 0 Å². The van der Waals surface area contributed by atoms with Crippen LogP contribution in [0.25, 0.3) is 0 Å². The van der Waals surface area contributed by atoms with Crippen LogP contribution in [-0.2, 0) is 4.79 Å². The Morgan fingerprint density at radius 3 is 2.90 bits per heavy atom. The lowest BCUT2D eigenvalue weighted by Crippen LogP contribution is -2.53. The Balaban J connectivity index is 1.76. The van der Waals surface area contributed by atoms with Gasteiger partial charge in [-0.2, -0.15) is 0 Å². The standard InChI is InChI=1S/C16H24N4O/c1-18(2)10-11-19-9-7-15-14(19)5-6-16(21)20(15)13-4-3-8-17-12-13/h3-4,8,12,14-15H,5-7,9-11H2,1-2H3/t14-,15-/m0/s1. The van der Waals surface area contributed by atoms with Crippen molar-refractivity contribution in [3.8, 4) is 0 Å². The molecule has 0 spiro atoms. The molecule has 0 unspecified atom stereocenters. The van der Waals surface area contributed by atoms with Crippen LogP contribution in [0.15, 0.2) is 24.5 Å². The second kappa shape index (κ2) is 6.12. The summed E-state index contributed by atoms with van der Waals surface area (Å²) in [6.45, 7) is 3.25. The third-order valence-corrected chi connectivity index (χ3v) is 4.64. The van der Waals surface area contributed by atoms with Gasteiger partial charge in [0.15, 0.2) is 0 Å². The van der Waals surface area contributed by atoms with Crippen molar-refractivity contribution in [1.82, 2.24) is 14.8 Å². The van der Waals surface area contributed by atoms with Crippen LogP contribution < -0.4 is 4.90 Å². The van der Waals surface area contributed by atoms with E-state index in [1.807, 2.05) is 23.2 Å². The third-order valence-electron chi connectivity index (χ3n) is 4.64. The van der Waals surface area contributed by atoms with E-state index in [2.05, 4.69) is 28.9 Å². The summed E-state index contributed by atoms with van der Waals surface area (Å²) in [5, 5.41) is 0. The lowest BCUT2D eigenvalue weighted by molar-refractivity contribution is -0.120. The zero-order chi connectivity index (χ0) is 14.8. The van der Waals surface area contributed by atoms with E-state index >= 15 is 0 Å². The highest BCUT2D eigenvalue weighted by atomic mass is 16.2. The molecule has 2 fully saturated rings. The molecule has 1 aromatic heterocycles. The number of piperidine rings is 1. The second-order valence-corrected chi connectivity index (χ2v) is 6.28. The fraction of sp³-hybridized carbons (Fsp3) is 0.625. The molecule has 1 amide bonds. The van der Waals surface area contributed by atoms with Crippen molar-refractivity contribution < 1.29 is 4.79 Å². The van der Waals surface area contributed by atoms with Crippen molar-refractivity contribution in [2.24, 2.45) is 0 Å². The topological polar surface area (TPSA) is 39.7 Å². The van der Waals surface area contributed by atoms with Gasteiger partial charge in [0.2, 0.25) is 5.91 Å². The first-order valence-electron chi connectivity index (χ1n) is 7.77. The van der Waals surface area contributed by atoms with Crippen molar-refractivity contribution in [3.05, 3.63) is 24.5 Å². The van der Waals surface area contributed by atoms with E-state index in [9.17, 15) is 4.79 Å². The SMILES string of the molecule is CN(C)CCN1CC[C@H]2[C@@H]1CCC(=O)N2c1cccnc1. The number of likely N-dealkylation sites (tertiary alicyclic amines) is 1. The molecule has 0 aliphatic carbocycles. The Morgan fingerprint density at radius 2 is 2.19 bits per heavy atom. The molecule has 0 aromatic carbocycles. The summed E-state index contributed by atoms with van der Waals surface area (Å²) in [4.78, 5) is 23.3. The lowest BCUT2D eigenvalue weighted by Gasteiger charge is -2.39. The molecule has 2 aliphatic heterocycles. The molecule has 2 atom stereocenters. The minimum atomic E-state index is 0.249. The molecule has 1 aromatic rings. The van der Waals surface area contributed by atoms with Gasteiger partial charge in [-0.3, -0.25) is 14.7 Å². The molecule has 21 heavy (non-hydrogen) atoms. The number of anilines is 1. The number of carbonyl (C=O) groups is 1. The number of pyridine rings is 1. The van der Waals surface area contributed by atoms with Gasteiger partial charge in [-0.05, 0) is 39.1 Å². The van der Waals surface area contributed by atoms with Gasteiger partial charge in [0.05, 0.1) is 17.9 Å². The van der Waals surface area contributed by atoms with E-state index in [-0.39, 0.29) is 5.91 Å². The maximum atomic E-state index is 12.4. The number of fused-ring (bicyclic) bond motifs is 1. The minimum absolute atomic E-state index is 0.249. The molecule has 0 saturated carbocycles. The average molecular weight is 288 g/mol. The number of rotatable bonds is 4. The quantitative estimate of drug-likeness (QED) is 0.835. The molecule has 0 N–H and O–H groups in total. The van der Waals surface area contributed by atoms with Crippen LogP contribution in [0.4, 0.5) is 5.69 Å². The van der Waals surface area contributed by atoms with Gasteiger partial charge >= 0.3 is 0 Å². The maximum absolute atomic E-state index is 12.4. The van der Waals surface area contributed by atoms with Gasteiger partial charge in [-0.25, -0.2) is 0 Å². The van der Waals surface area contributed by atoms with Gasteiger partial charge in [0.1, 0.15) is 0 Å². The molecular formula is C16H24N4O. The van der Waals surface area contributed by atoms with Gasteiger partial charge in [-0.1, -0.05) is 0 Å². The predicted octanol–water partition coefficient (Wildman–Crippen LogP) is 1.21. The summed E-state index contributed by atoms with van der Waals surface area (Å²) < 4.78 is 0. The molecule has 2 saturated heterocycles. The van der Waals surface area contributed by atoms with Crippen molar-refractivity contribution in [3.63, 3.8) is 0 Å². The first-order valence-corrected chi connectivity index (χ1v) is 7.77. The lowest BCUT2D eigenvalue weighted by atomic mass is 9.95. The van der Waals surface area contributed by atoms with Gasteiger partial charge in [0, 0.05) is 38.3 Å². The molecule has 3 rings (SSSR count). The maximum Gasteiger partial charge on any atom is 0.227 e. The van der Waals surface area contributed by atoms with Crippen molar-refractivity contribution in [2.75, 3.05) is 38.6 Å². The average Bonchev–Trinajstić information content (AvgIpc) is 2.89. The molecule has 3 heterocycles. The first-order chi connectivity index (χ1) is 10.2. The molecule has 2 aliphatic rings. The molecule has 114 valence electrons. The van der Waals surface area contributed by atoms with Gasteiger partial charge in [0.25, 0.3) is 0 Å². The van der Waals surface area contributed by atoms with Crippen LogP contribution in [0.3, 0.4) is 0 Å². The van der Waals surface area contributed by atoms with Crippen molar-refractivity contribution >= 4 is 11.6 Å². The Labute approximate surface area is 126 Å². The Hall–Kier alpha value is -1.46. The molecule has 0 radical (unpaired) electrons. The molecule has 0 bridgehead atoms. The Bertz CT molecular complexity index is 490. The number of carbonyl (C=O) groups excluding carboxylic acids is 1. The largest absolute Gasteiger partial charge is 0.308 e. The highest BCUT2D eigenvalue weighted by Gasteiger charge is 2.43. The molecule has 5 heteroatoms. The molecule has 5 nitrogen and oxygen atoms in total. The van der Waals surface area contributed by atoms with E-state index in [0.29, 0.717) is 18.5 Å². The Morgan fingerprint density at radius 1 is 1.33 bits per heavy atom. The molecular weight excluding hydrogens is 264 g/mol. The highest BCUT2D eigenvalue weighted by molar-refractivity contribution is 5.95. The Kier molecular flexibility index (Phi) is 4.22. The van der Waals surface area contributed by atoms with Crippen molar-refractivity contribution in [1.29, 1.82) is 0 Å². The highest BCUT2D eigenvalue weighted by Crippen LogP contribution is 2.34. The number of nitrogens with zero attached hydrogens (tertiary/aromatic N) is 4. The van der Waals surface area contributed by atoms with E-state index in [1.54, 1.807) is 6.20 Å². The van der Waals surface area contributed by atoms with Crippen LogP contribution in [0.2, 0.25) is 0 Å². The van der Waals surface area contributed by atoms with E-state index in [0.717, 1.165) is 38.2 Å². The zero-order valence-corrected chi connectivity index (χ0v) is 12.9. The smallest absolute Gasteiger partial charge is 0.227 e. The first kappa shape index (κ1) is 14.5. The fourth-order valence-corrected chi connectivity index (χ4v) is 3.59. The van der Waals surface area contributed by atoms with Crippen LogP contribution in [0.5, 0.6) is 0 Å². The fourth-order valence-electron chi connectivity index (χ4n) is 3.59.